The Morgan fingerprint density at radius 1 is 1.45 bits per heavy atom. The van der Waals surface area contributed by atoms with Gasteiger partial charge in [-0.25, -0.2) is 4.98 Å². The van der Waals surface area contributed by atoms with E-state index in [0.717, 1.165) is 38.3 Å². The molecule has 0 amide bonds. The normalized spacial score (nSPS) is 19.3. The van der Waals surface area contributed by atoms with Crippen molar-refractivity contribution in [3.63, 3.8) is 0 Å². The van der Waals surface area contributed by atoms with Crippen molar-refractivity contribution < 1.29 is 5.11 Å². The molecule has 3 heterocycles. The lowest BCUT2D eigenvalue weighted by Crippen LogP contribution is -2.35. The summed E-state index contributed by atoms with van der Waals surface area (Å²) >= 11 is 1.76. The molecule has 4 nitrogen and oxygen atoms in total. The average molecular weight is 291 g/mol. The number of aliphatic hydroxyl groups is 1. The van der Waals surface area contributed by atoms with Gasteiger partial charge in [0, 0.05) is 26.0 Å². The van der Waals surface area contributed by atoms with E-state index in [1.807, 2.05) is 17.8 Å². The van der Waals surface area contributed by atoms with E-state index < -0.39 is 6.10 Å². The highest BCUT2D eigenvalue weighted by atomic mass is 32.1. The molecule has 1 saturated heterocycles. The van der Waals surface area contributed by atoms with E-state index >= 15 is 0 Å². The first-order chi connectivity index (χ1) is 9.74. The lowest BCUT2D eigenvalue weighted by molar-refractivity contribution is 0.0492. The zero-order valence-corrected chi connectivity index (χ0v) is 12.6. The van der Waals surface area contributed by atoms with Crippen molar-refractivity contribution in [3.8, 4) is 0 Å². The van der Waals surface area contributed by atoms with E-state index in [2.05, 4.69) is 26.7 Å². The van der Waals surface area contributed by atoms with Crippen LogP contribution in [0.1, 0.15) is 30.3 Å². The summed E-state index contributed by atoms with van der Waals surface area (Å²) in [7, 11) is 1.94. The Labute approximate surface area is 123 Å². The Balaban J connectivity index is 1.54. The van der Waals surface area contributed by atoms with E-state index in [4.69, 9.17) is 0 Å². The predicted molar refractivity (Wildman–Crippen MR) is 80.5 cm³/mol. The first-order valence-electron chi connectivity index (χ1n) is 7.13. The standard InChI is InChI=1S/C15H21N3OS/c1-17-8-5-16-15(17)14(19)13-2-6-18(7-3-13)10-12-4-9-20-11-12/h4-5,8-9,11,13-14,19H,2-3,6-7,10H2,1H3/t14-/m0/s1. The molecule has 108 valence electrons. The SMILES string of the molecule is Cn1ccnc1[C@@H](O)C1CCN(Cc2ccsc2)CC1. The fourth-order valence-electron chi connectivity index (χ4n) is 2.94. The molecular formula is C15H21N3OS. The highest BCUT2D eigenvalue weighted by Gasteiger charge is 2.28. The van der Waals surface area contributed by atoms with Crippen LogP contribution in [0, 0.1) is 5.92 Å². The summed E-state index contributed by atoms with van der Waals surface area (Å²) < 4.78 is 1.92. The van der Waals surface area contributed by atoms with Crippen LogP contribution in [-0.2, 0) is 13.6 Å². The first kappa shape index (κ1) is 13.8. The molecule has 1 aliphatic rings. The summed E-state index contributed by atoms with van der Waals surface area (Å²) in [5, 5.41) is 14.8. The van der Waals surface area contributed by atoms with Gasteiger partial charge < -0.3 is 9.67 Å². The van der Waals surface area contributed by atoms with Crippen molar-refractivity contribution in [1.82, 2.24) is 14.5 Å². The molecule has 2 aromatic heterocycles. The molecule has 1 atom stereocenters. The zero-order valence-electron chi connectivity index (χ0n) is 11.8. The Bertz CT molecular complexity index is 529. The molecule has 3 rings (SSSR count). The van der Waals surface area contributed by atoms with Gasteiger partial charge >= 0.3 is 0 Å². The third-order valence-electron chi connectivity index (χ3n) is 4.19. The number of rotatable bonds is 4. The van der Waals surface area contributed by atoms with Gasteiger partial charge in [-0.2, -0.15) is 11.3 Å². The molecule has 2 aromatic rings. The van der Waals surface area contributed by atoms with Crippen LogP contribution in [0.4, 0.5) is 0 Å². The minimum atomic E-state index is -0.432. The second kappa shape index (κ2) is 6.08. The van der Waals surface area contributed by atoms with Crippen molar-refractivity contribution in [2.45, 2.75) is 25.5 Å². The average Bonchev–Trinajstić information content (AvgIpc) is 3.10. The molecule has 0 aliphatic carbocycles. The Morgan fingerprint density at radius 2 is 2.25 bits per heavy atom. The third-order valence-corrected chi connectivity index (χ3v) is 4.92. The van der Waals surface area contributed by atoms with Gasteiger partial charge in [0.05, 0.1) is 0 Å². The Morgan fingerprint density at radius 3 is 2.85 bits per heavy atom. The van der Waals surface area contributed by atoms with Gasteiger partial charge in [0.2, 0.25) is 0 Å². The van der Waals surface area contributed by atoms with Crippen LogP contribution < -0.4 is 0 Å². The number of imidazole rings is 1. The van der Waals surface area contributed by atoms with Gasteiger partial charge in [-0.3, -0.25) is 4.90 Å². The number of hydrogen-bond donors (Lipinski definition) is 1. The quantitative estimate of drug-likeness (QED) is 0.940. The maximum absolute atomic E-state index is 10.5. The topological polar surface area (TPSA) is 41.3 Å². The molecule has 0 radical (unpaired) electrons. The molecule has 1 N–H and O–H groups in total. The largest absolute Gasteiger partial charge is 0.385 e. The summed E-state index contributed by atoms with van der Waals surface area (Å²) in [5.41, 5.74) is 1.40. The maximum atomic E-state index is 10.5. The van der Waals surface area contributed by atoms with E-state index in [-0.39, 0.29) is 0 Å². The number of piperidine rings is 1. The molecule has 20 heavy (non-hydrogen) atoms. The van der Waals surface area contributed by atoms with E-state index in [0.29, 0.717) is 5.92 Å². The second-order valence-electron chi connectivity index (χ2n) is 5.59. The monoisotopic (exact) mass is 291 g/mol. The molecule has 0 unspecified atom stereocenters. The van der Waals surface area contributed by atoms with Gasteiger partial charge in [0.1, 0.15) is 11.9 Å². The summed E-state index contributed by atoms with van der Waals surface area (Å²) in [6.45, 7) is 3.15. The fraction of sp³-hybridized carbons (Fsp3) is 0.533. The van der Waals surface area contributed by atoms with E-state index in [9.17, 15) is 5.11 Å². The summed E-state index contributed by atoms with van der Waals surface area (Å²) in [6, 6.07) is 2.19. The molecule has 0 aromatic carbocycles. The van der Waals surface area contributed by atoms with Crippen molar-refractivity contribution in [2.24, 2.45) is 13.0 Å². The van der Waals surface area contributed by atoms with Crippen LogP contribution >= 0.6 is 11.3 Å². The lowest BCUT2D eigenvalue weighted by Gasteiger charge is -2.33. The third kappa shape index (κ3) is 2.95. The summed E-state index contributed by atoms with van der Waals surface area (Å²) in [4.78, 5) is 6.75. The van der Waals surface area contributed by atoms with E-state index in [1.165, 1.54) is 5.56 Å². The summed E-state index contributed by atoms with van der Waals surface area (Å²) in [5.74, 6) is 1.12. The first-order valence-corrected chi connectivity index (χ1v) is 8.07. The number of nitrogens with zero attached hydrogens (tertiary/aromatic N) is 3. The van der Waals surface area contributed by atoms with Gasteiger partial charge in [-0.15, -0.1) is 0 Å². The van der Waals surface area contributed by atoms with Crippen molar-refractivity contribution in [1.29, 1.82) is 0 Å². The Kier molecular flexibility index (Phi) is 4.19. The van der Waals surface area contributed by atoms with Crippen LogP contribution in [0.15, 0.2) is 29.2 Å². The van der Waals surface area contributed by atoms with Crippen molar-refractivity contribution in [3.05, 3.63) is 40.6 Å². The lowest BCUT2D eigenvalue weighted by atomic mass is 9.90. The highest BCUT2D eigenvalue weighted by Crippen LogP contribution is 2.30. The smallest absolute Gasteiger partial charge is 0.137 e. The number of hydrogen-bond acceptors (Lipinski definition) is 4. The molecule has 0 saturated carbocycles. The molecule has 5 heteroatoms. The van der Waals surface area contributed by atoms with Crippen molar-refractivity contribution in [2.75, 3.05) is 13.1 Å². The van der Waals surface area contributed by atoms with Crippen molar-refractivity contribution >= 4 is 11.3 Å². The van der Waals surface area contributed by atoms with Gasteiger partial charge in [0.25, 0.3) is 0 Å². The second-order valence-corrected chi connectivity index (χ2v) is 6.37. The predicted octanol–water partition coefficient (Wildman–Crippen LogP) is 2.43. The number of aliphatic hydroxyl groups excluding tert-OH is 1. The highest BCUT2D eigenvalue weighted by molar-refractivity contribution is 7.07. The number of likely N-dealkylation sites (tertiary alicyclic amines) is 1. The van der Waals surface area contributed by atoms with Gasteiger partial charge in [-0.1, -0.05) is 0 Å². The number of aromatic nitrogens is 2. The Hall–Kier alpha value is -1.17. The van der Waals surface area contributed by atoms with Gasteiger partial charge in [0.15, 0.2) is 0 Å². The van der Waals surface area contributed by atoms with Gasteiger partial charge in [-0.05, 0) is 54.2 Å². The molecule has 0 spiro atoms. The minimum absolute atomic E-state index is 0.329. The van der Waals surface area contributed by atoms with Crippen LogP contribution in [0.25, 0.3) is 0 Å². The van der Waals surface area contributed by atoms with Crippen LogP contribution in [0.2, 0.25) is 0 Å². The maximum Gasteiger partial charge on any atom is 0.137 e. The van der Waals surface area contributed by atoms with Crippen LogP contribution in [-0.4, -0.2) is 32.6 Å². The van der Waals surface area contributed by atoms with E-state index in [1.54, 1.807) is 17.5 Å². The molecule has 0 bridgehead atoms. The summed E-state index contributed by atoms with van der Waals surface area (Å²) in [6.07, 6.45) is 5.29. The molecule has 1 fully saturated rings. The number of thiophene rings is 1. The van der Waals surface area contributed by atoms with Crippen LogP contribution in [0.5, 0.6) is 0 Å². The fourth-order valence-corrected chi connectivity index (χ4v) is 3.60. The van der Waals surface area contributed by atoms with Crippen LogP contribution in [0.3, 0.4) is 0 Å². The number of aryl methyl sites for hydroxylation is 1. The molecular weight excluding hydrogens is 270 g/mol. The molecule has 1 aliphatic heterocycles. The minimum Gasteiger partial charge on any atom is -0.385 e. The zero-order chi connectivity index (χ0) is 13.9.